The molecule has 0 radical (unpaired) electrons. The molecule has 1 unspecified atom stereocenters. The van der Waals surface area contributed by atoms with Crippen molar-refractivity contribution in [1.29, 1.82) is 0 Å². The van der Waals surface area contributed by atoms with Gasteiger partial charge in [0.05, 0.1) is 18.8 Å². The summed E-state index contributed by atoms with van der Waals surface area (Å²) in [5, 5.41) is 0. The molecule has 0 bridgehead atoms. The molecule has 2 N–H and O–H groups in total. The van der Waals surface area contributed by atoms with Crippen molar-refractivity contribution < 1.29 is 13.5 Å². The third kappa shape index (κ3) is 3.55. The Bertz CT molecular complexity index is 632. The first-order chi connectivity index (χ1) is 10.0. The zero-order valence-corrected chi connectivity index (χ0v) is 12.1. The number of aryl methyl sites for hydroxylation is 1. The summed E-state index contributed by atoms with van der Waals surface area (Å²) in [5.74, 6) is -0.656. The summed E-state index contributed by atoms with van der Waals surface area (Å²) in [6.45, 7) is 4.15. The van der Waals surface area contributed by atoms with Gasteiger partial charge in [0.25, 0.3) is 0 Å². The lowest BCUT2D eigenvalue weighted by Gasteiger charge is -2.15. The molecule has 0 saturated heterocycles. The summed E-state index contributed by atoms with van der Waals surface area (Å²) >= 11 is 0. The Morgan fingerprint density at radius 1 is 1.19 bits per heavy atom. The maximum Gasteiger partial charge on any atom is 0.137 e. The molecule has 1 aromatic heterocycles. The minimum absolute atomic E-state index is 0.239. The molecule has 5 heteroatoms. The minimum Gasteiger partial charge on any atom is -0.492 e. The van der Waals surface area contributed by atoms with Gasteiger partial charge in [-0.05, 0) is 36.6 Å². The molecule has 0 aliphatic carbocycles. The van der Waals surface area contributed by atoms with E-state index in [1.807, 2.05) is 6.92 Å². The normalized spacial score (nSPS) is 12.2. The molecule has 0 aliphatic rings. The third-order valence-electron chi connectivity index (χ3n) is 3.18. The lowest BCUT2D eigenvalue weighted by atomic mass is 9.98. The van der Waals surface area contributed by atoms with Gasteiger partial charge in [-0.25, -0.2) is 8.78 Å². The molecule has 0 fully saturated rings. The van der Waals surface area contributed by atoms with Gasteiger partial charge in [-0.3, -0.25) is 4.98 Å². The van der Waals surface area contributed by atoms with E-state index in [2.05, 4.69) is 4.98 Å². The fourth-order valence-corrected chi connectivity index (χ4v) is 2.00. The largest absolute Gasteiger partial charge is 0.492 e. The van der Waals surface area contributed by atoms with E-state index in [0.717, 1.165) is 12.5 Å². The summed E-state index contributed by atoms with van der Waals surface area (Å²) in [7, 11) is 0. The topological polar surface area (TPSA) is 48.1 Å². The van der Waals surface area contributed by atoms with Crippen LogP contribution in [0, 0.1) is 18.6 Å². The van der Waals surface area contributed by atoms with Crippen molar-refractivity contribution >= 4 is 0 Å². The number of hydrogen-bond donors (Lipinski definition) is 1. The number of nitrogens with two attached hydrogens (primary N) is 1. The lowest BCUT2D eigenvalue weighted by molar-refractivity contribution is 0.315. The first-order valence-corrected chi connectivity index (χ1v) is 6.81. The highest BCUT2D eigenvalue weighted by atomic mass is 19.1. The lowest BCUT2D eigenvalue weighted by Crippen LogP contribution is -2.15. The molecule has 0 saturated carbocycles. The van der Waals surface area contributed by atoms with Crippen molar-refractivity contribution in [3.8, 4) is 5.75 Å². The van der Waals surface area contributed by atoms with Crippen LogP contribution in [0.4, 0.5) is 8.78 Å². The Kier molecular flexibility index (Phi) is 4.85. The quantitative estimate of drug-likeness (QED) is 0.917. The summed E-state index contributed by atoms with van der Waals surface area (Å²) in [4.78, 5) is 4.05. The van der Waals surface area contributed by atoms with Crippen LogP contribution in [0.15, 0.2) is 30.6 Å². The predicted molar refractivity (Wildman–Crippen MR) is 77.1 cm³/mol. The fraction of sp³-hybridized carbons (Fsp3) is 0.312. The third-order valence-corrected chi connectivity index (χ3v) is 3.18. The monoisotopic (exact) mass is 292 g/mol. The van der Waals surface area contributed by atoms with E-state index < -0.39 is 17.7 Å². The van der Waals surface area contributed by atoms with Crippen LogP contribution in [0.2, 0.25) is 0 Å². The smallest absolute Gasteiger partial charge is 0.137 e. The standard InChI is InChI=1S/C16H18F2N2O/c1-3-4-21-12-6-11(8-20-9-12)16(19)13-5-10(2)14(17)7-15(13)18/h5-9,16H,3-4,19H2,1-2H3. The molecule has 0 spiro atoms. The van der Waals surface area contributed by atoms with Gasteiger partial charge >= 0.3 is 0 Å². The van der Waals surface area contributed by atoms with Crippen LogP contribution in [-0.2, 0) is 0 Å². The second-order valence-electron chi connectivity index (χ2n) is 4.90. The van der Waals surface area contributed by atoms with Crippen LogP contribution < -0.4 is 10.5 Å². The molecule has 0 aliphatic heterocycles. The average Bonchev–Trinajstić information content (AvgIpc) is 2.48. The van der Waals surface area contributed by atoms with Gasteiger partial charge in [0.2, 0.25) is 0 Å². The fourth-order valence-electron chi connectivity index (χ4n) is 2.00. The summed E-state index contributed by atoms with van der Waals surface area (Å²) in [6, 6.07) is 3.29. The molecule has 112 valence electrons. The van der Waals surface area contributed by atoms with Crippen molar-refractivity contribution in [2.45, 2.75) is 26.3 Å². The second kappa shape index (κ2) is 6.63. The molecule has 1 aromatic carbocycles. The molecule has 21 heavy (non-hydrogen) atoms. The summed E-state index contributed by atoms with van der Waals surface area (Å²) in [5.41, 5.74) is 7.29. The Morgan fingerprint density at radius 2 is 1.95 bits per heavy atom. The molecule has 0 amide bonds. The molecule has 1 atom stereocenters. The van der Waals surface area contributed by atoms with E-state index in [9.17, 15) is 8.78 Å². The van der Waals surface area contributed by atoms with E-state index in [-0.39, 0.29) is 5.56 Å². The van der Waals surface area contributed by atoms with Crippen molar-refractivity contribution in [2.75, 3.05) is 6.61 Å². The number of halogens is 2. The highest BCUT2D eigenvalue weighted by Gasteiger charge is 2.17. The van der Waals surface area contributed by atoms with Crippen LogP contribution in [0.1, 0.15) is 36.1 Å². The Morgan fingerprint density at radius 3 is 2.67 bits per heavy atom. The SMILES string of the molecule is CCCOc1cncc(C(N)c2cc(C)c(F)cc2F)c1. The number of ether oxygens (including phenoxy) is 1. The summed E-state index contributed by atoms with van der Waals surface area (Å²) < 4.78 is 32.7. The highest BCUT2D eigenvalue weighted by molar-refractivity contribution is 5.36. The molecule has 1 heterocycles. The number of hydrogen-bond acceptors (Lipinski definition) is 3. The van der Waals surface area contributed by atoms with Crippen molar-refractivity contribution in [1.82, 2.24) is 4.98 Å². The Labute approximate surface area is 122 Å². The van der Waals surface area contributed by atoms with Crippen LogP contribution in [0.3, 0.4) is 0 Å². The van der Waals surface area contributed by atoms with Crippen molar-refractivity contribution in [3.05, 3.63) is 58.9 Å². The average molecular weight is 292 g/mol. The van der Waals surface area contributed by atoms with Gasteiger partial charge in [0.15, 0.2) is 0 Å². The number of nitrogens with zero attached hydrogens (tertiary/aromatic N) is 1. The van der Waals surface area contributed by atoms with Crippen LogP contribution in [-0.4, -0.2) is 11.6 Å². The van der Waals surface area contributed by atoms with Crippen LogP contribution >= 0.6 is 0 Å². The van der Waals surface area contributed by atoms with Gasteiger partial charge in [-0.2, -0.15) is 0 Å². The zero-order chi connectivity index (χ0) is 15.4. The summed E-state index contributed by atoms with van der Waals surface area (Å²) in [6.07, 6.45) is 4.02. The van der Waals surface area contributed by atoms with Gasteiger partial charge < -0.3 is 10.5 Å². The van der Waals surface area contributed by atoms with Crippen molar-refractivity contribution in [2.24, 2.45) is 5.73 Å². The zero-order valence-electron chi connectivity index (χ0n) is 12.1. The Hall–Kier alpha value is -2.01. The first kappa shape index (κ1) is 15.4. The molecule has 2 aromatic rings. The van der Waals surface area contributed by atoms with E-state index >= 15 is 0 Å². The molecular weight excluding hydrogens is 274 g/mol. The van der Waals surface area contributed by atoms with E-state index in [1.54, 1.807) is 25.4 Å². The van der Waals surface area contributed by atoms with E-state index in [4.69, 9.17) is 10.5 Å². The van der Waals surface area contributed by atoms with Gasteiger partial charge in [-0.15, -0.1) is 0 Å². The van der Waals surface area contributed by atoms with Crippen molar-refractivity contribution in [3.63, 3.8) is 0 Å². The molecule has 3 nitrogen and oxygen atoms in total. The number of benzene rings is 1. The molecular formula is C16H18F2N2O. The van der Waals surface area contributed by atoms with Crippen LogP contribution in [0.5, 0.6) is 5.75 Å². The maximum atomic E-state index is 13.9. The maximum absolute atomic E-state index is 13.9. The van der Waals surface area contributed by atoms with Gasteiger partial charge in [0.1, 0.15) is 17.4 Å². The number of rotatable bonds is 5. The predicted octanol–water partition coefficient (Wildman–Crippen LogP) is 3.51. The first-order valence-electron chi connectivity index (χ1n) is 6.81. The Balaban J connectivity index is 2.31. The van der Waals surface area contributed by atoms with E-state index in [0.29, 0.717) is 23.5 Å². The number of pyridine rings is 1. The minimum atomic E-state index is -0.720. The van der Waals surface area contributed by atoms with Gasteiger partial charge in [-0.1, -0.05) is 6.92 Å². The number of aromatic nitrogens is 1. The van der Waals surface area contributed by atoms with Crippen LogP contribution in [0.25, 0.3) is 0 Å². The highest BCUT2D eigenvalue weighted by Crippen LogP contribution is 2.26. The van der Waals surface area contributed by atoms with E-state index in [1.165, 1.54) is 6.07 Å². The molecule has 2 rings (SSSR count). The van der Waals surface area contributed by atoms with Gasteiger partial charge in [0, 0.05) is 17.8 Å². The second-order valence-corrected chi connectivity index (χ2v) is 4.90.